The Kier molecular flexibility index (Phi) is 2.59. The lowest BCUT2D eigenvalue weighted by molar-refractivity contribution is -0.137. The van der Waals surface area contributed by atoms with Gasteiger partial charge in [-0.15, -0.1) is 12.2 Å². The number of alkyl halides is 3. The van der Waals surface area contributed by atoms with Crippen LogP contribution in [0, 0.1) is 5.92 Å². The predicted octanol–water partition coefficient (Wildman–Crippen LogP) is 4.12. The van der Waals surface area contributed by atoms with Crippen molar-refractivity contribution >= 4 is 5.69 Å². The van der Waals surface area contributed by atoms with Crippen LogP contribution in [0.4, 0.5) is 18.9 Å². The second-order valence-electron chi connectivity index (χ2n) is 3.83. The highest BCUT2D eigenvalue weighted by Gasteiger charge is 2.29. The van der Waals surface area contributed by atoms with E-state index in [2.05, 4.69) is 5.32 Å². The molecule has 4 heteroatoms. The summed E-state index contributed by atoms with van der Waals surface area (Å²) < 4.78 is 37.0. The minimum atomic E-state index is -4.27. The molecule has 1 nitrogen and oxygen atoms in total. The monoisotopic (exact) mass is 214 g/mol. The first-order chi connectivity index (χ1) is 7.05. The van der Waals surface area contributed by atoms with Crippen molar-refractivity contribution in [2.75, 3.05) is 6.54 Å². The van der Waals surface area contributed by atoms with Gasteiger partial charge < -0.3 is 5.32 Å². The Morgan fingerprint density at radius 1 is 1.27 bits per heavy atom. The van der Waals surface area contributed by atoms with E-state index in [0.717, 1.165) is 25.0 Å². The number of nitrogens with zero attached hydrogens (tertiary/aromatic N) is 1. The van der Waals surface area contributed by atoms with E-state index in [1.54, 1.807) is 6.07 Å². The minimum absolute atomic E-state index is 0.428. The summed E-state index contributed by atoms with van der Waals surface area (Å²) in [5, 5.41) is 4.14. The Morgan fingerprint density at radius 2 is 2.00 bits per heavy atom. The zero-order chi connectivity index (χ0) is 10.9. The quantitative estimate of drug-likeness (QED) is 0.718. The standard InChI is InChI=1S/C11H11F3N/c12-11(13,14)9-2-1-3-10(6-9)15-7-8-4-5-8/h1-3,6,8H,4-5,7H2/q-1. The fourth-order valence-corrected chi connectivity index (χ4v) is 1.32. The molecular formula is C11H11F3N-. The summed E-state index contributed by atoms with van der Waals surface area (Å²) in [5.74, 6) is 0.597. The van der Waals surface area contributed by atoms with Gasteiger partial charge in [0, 0.05) is 0 Å². The van der Waals surface area contributed by atoms with Crippen LogP contribution in [0.3, 0.4) is 0 Å². The van der Waals surface area contributed by atoms with Gasteiger partial charge >= 0.3 is 6.18 Å². The average Bonchev–Trinajstić information content (AvgIpc) is 2.97. The topological polar surface area (TPSA) is 14.1 Å². The van der Waals surface area contributed by atoms with Crippen LogP contribution in [-0.4, -0.2) is 6.54 Å². The summed E-state index contributed by atoms with van der Waals surface area (Å²) in [6.07, 6.45) is -1.96. The third kappa shape index (κ3) is 2.88. The molecular weight excluding hydrogens is 203 g/mol. The maximum absolute atomic E-state index is 12.3. The van der Waals surface area contributed by atoms with Gasteiger partial charge in [-0.1, -0.05) is 43.0 Å². The summed E-state index contributed by atoms with van der Waals surface area (Å²) >= 11 is 0. The predicted molar refractivity (Wildman–Crippen MR) is 52.1 cm³/mol. The van der Waals surface area contributed by atoms with Gasteiger partial charge in [0.2, 0.25) is 0 Å². The Balaban J connectivity index is 2.04. The molecule has 0 amide bonds. The van der Waals surface area contributed by atoms with Gasteiger partial charge in [-0.3, -0.25) is 0 Å². The summed E-state index contributed by atoms with van der Waals surface area (Å²) in [7, 11) is 0. The number of hydrogen-bond donors (Lipinski definition) is 0. The molecule has 1 saturated carbocycles. The Bertz CT molecular complexity index is 342. The van der Waals surface area contributed by atoms with Crippen LogP contribution >= 0.6 is 0 Å². The van der Waals surface area contributed by atoms with E-state index < -0.39 is 11.7 Å². The van der Waals surface area contributed by atoms with Crippen molar-refractivity contribution in [3.63, 3.8) is 0 Å². The summed E-state index contributed by atoms with van der Waals surface area (Å²) in [6, 6.07) is 5.17. The van der Waals surface area contributed by atoms with Gasteiger partial charge in [-0.05, 0) is 0 Å². The molecule has 0 unspecified atom stereocenters. The Labute approximate surface area is 86.3 Å². The number of benzene rings is 1. The molecule has 0 bridgehead atoms. The number of halogens is 3. The maximum atomic E-state index is 12.3. The molecule has 0 aliphatic heterocycles. The largest absolute Gasteiger partial charge is 0.684 e. The molecule has 0 N–H and O–H groups in total. The molecule has 1 fully saturated rings. The molecule has 0 saturated heterocycles. The van der Waals surface area contributed by atoms with Gasteiger partial charge in [0.25, 0.3) is 0 Å². The van der Waals surface area contributed by atoms with Crippen LogP contribution in [0.1, 0.15) is 18.4 Å². The van der Waals surface area contributed by atoms with E-state index in [-0.39, 0.29) is 0 Å². The SMILES string of the molecule is FC(F)(F)c1cccc([N-]CC2CC2)c1. The van der Waals surface area contributed by atoms with Crippen molar-refractivity contribution in [3.05, 3.63) is 35.1 Å². The highest BCUT2D eigenvalue weighted by Crippen LogP contribution is 2.35. The molecule has 1 aromatic carbocycles. The molecule has 15 heavy (non-hydrogen) atoms. The first-order valence-electron chi connectivity index (χ1n) is 4.90. The van der Waals surface area contributed by atoms with E-state index >= 15 is 0 Å². The van der Waals surface area contributed by atoms with Crippen LogP contribution in [0.15, 0.2) is 24.3 Å². The molecule has 0 heterocycles. The molecule has 82 valence electrons. The highest BCUT2D eigenvalue weighted by molar-refractivity contribution is 5.51. The maximum Gasteiger partial charge on any atom is 0.416 e. The normalized spacial score (nSPS) is 16.5. The van der Waals surface area contributed by atoms with E-state index in [1.807, 2.05) is 0 Å². The Hall–Kier alpha value is -1.19. The van der Waals surface area contributed by atoms with Crippen molar-refractivity contribution in [1.82, 2.24) is 0 Å². The Morgan fingerprint density at radius 3 is 2.60 bits per heavy atom. The first-order valence-corrected chi connectivity index (χ1v) is 4.90. The summed E-state index contributed by atoms with van der Waals surface area (Å²) in [4.78, 5) is 0. The fraction of sp³-hybridized carbons (Fsp3) is 0.455. The number of hydrogen-bond acceptors (Lipinski definition) is 0. The van der Waals surface area contributed by atoms with Crippen molar-refractivity contribution < 1.29 is 13.2 Å². The second kappa shape index (κ2) is 3.76. The third-order valence-corrected chi connectivity index (χ3v) is 2.40. The lowest BCUT2D eigenvalue weighted by Gasteiger charge is -2.21. The number of rotatable bonds is 3. The van der Waals surface area contributed by atoms with Crippen LogP contribution in [-0.2, 0) is 6.18 Å². The molecule has 0 atom stereocenters. The van der Waals surface area contributed by atoms with E-state index in [1.165, 1.54) is 6.07 Å². The molecule has 1 aliphatic carbocycles. The fourth-order valence-electron chi connectivity index (χ4n) is 1.32. The lowest BCUT2D eigenvalue weighted by atomic mass is 10.2. The van der Waals surface area contributed by atoms with E-state index in [9.17, 15) is 13.2 Å². The minimum Gasteiger partial charge on any atom is -0.684 e. The van der Waals surface area contributed by atoms with Gasteiger partial charge in [-0.25, -0.2) is 0 Å². The summed E-state index contributed by atoms with van der Waals surface area (Å²) in [5.41, 5.74) is -0.198. The van der Waals surface area contributed by atoms with Crippen molar-refractivity contribution in [1.29, 1.82) is 0 Å². The zero-order valence-corrected chi connectivity index (χ0v) is 8.09. The average molecular weight is 214 g/mol. The van der Waals surface area contributed by atoms with Crippen molar-refractivity contribution in [2.45, 2.75) is 19.0 Å². The van der Waals surface area contributed by atoms with Gasteiger partial charge in [-0.2, -0.15) is 13.2 Å². The summed E-state index contributed by atoms with van der Waals surface area (Å²) in [6.45, 7) is 0.654. The highest BCUT2D eigenvalue weighted by atomic mass is 19.4. The molecule has 2 rings (SSSR count). The van der Waals surface area contributed by atoms with Gasteiger partial charge in [0.15, 0.2) is 0 Å². The van der Waals surface area contributed by atoms with Crippen LogP contribution < -0.4 is 0 Å². The van der Waals surface area contributed by atoms with Crippen LogP contribution in [0.5, 0.6) is 0 Å². The van der Waals surface area contributed by atoms with Crippen molar-refractivity contribution in [2.24, 2.45) is 5.92 Å². The first kappa shape index (κ1) is 10.3. The van der Waals surface area contributed by atoms with E-state index in [0.29, 0.717) is 18.2 Å². The molecule has 1 aromatic rings. The second-order valence-corrected chi connectivity index (χ2v) is 3.83. The molecule has 0 radical (unpaired) electrons. The van der Waals surface area contributed by atoms with Crippen molar-refractivity contribution in [3.8, 4) is 0 Å². The van der Waals surface area contributed by atoms with Crippen LogP contribution in [0.25, 0.3) is 5.32 Å². The third-order valence-electron chi connectivity index (χ3n) is 2.40. The van der Waals surface area contributed by atoms with Gasteiger partial charge in [0.1, 0.15) is 0 Å². The van der Waals surface area contributed by atoms with Gasteiger partial charge in [0.05, 0.1) is 5.56 Å². The lowest BCUT2D eigenvalue weighted by Crippen LogP contribution is -2.04. The molecule has 1 aliphatic rings. The van der Waals surface area contributed by atoms with Crippen LogP contribution in [0.2, 0.25) is 0 Å². The molecule has 0 spiro atoms. The molecule has 0 aromatic heterocycles. The van der Waals surface area contributed by atoms with E-state index in [4.69, 9.17) is 0 Å². The zero-order valence-electron chi connectivity index (χ0n) is 8.09. The smallest absolute Gasteiger partial charge is 0.416 e.